The van der Waals surface area contributed by atoms with Crippen molar-refractivity contribution in [1.82, 2.24) is 25.1 Å². The van der Waals surface area contributed by atoms with Crippen LogP contribution in [0.25, 0.3) is 11.2 Å². The number of aromatic nitrogens is 4. The quantitative estimate of drug-likeness (QED) is 0.915. The first-order chi connectivity index (χ1) is 10.7. The lowest BCUT2D eigenvalue weighted by molar-refractivity contribution is 0.123. The first-order valence-corrected chi connectivity index (χ1v) is 7.63. The van der Waals surface area contributed by atoms with E-state index in [1.54, 1.807) is 6.20 Å². The fraction of sp³-hybridized carbons (Fsp3) is 0.643. The lowest BCUT2D eigenvalue weighted by Crippen LogP contribution is -2.35. The number of hydrogen-bond donors (Lipinski definition) is 1. The molecule has 0 bridgehead atoms. The van der Waals surface area contributed by atoms with Crippen molar-refractivity contribution in [1.29, 1.82) is 0 Å². The van der Waals surface area contributed by atoms with Crippen LogP contribution in [0.2, 0.25) is 0 Å². The normalized spacial score (nSPS) is 24.0. The van der Waals surface area contributed by atoms with Crippen LogP contribution in [-0.2, 0) is 6.54 Å². The topological polar surface area (TPSA) is 58.9 Å². The van der Waals surface area contributed by atoms with Crippen molar-refractivity contribution in [2.45, 2.75) is 19.4 Å². The maximum Gasteiger partial charge on any atom is 0.258 e. The van der Waals surface area contributed by atoms with Crippen molar-refractivity contribution >= 4 is 29.4 Å². The van der Waals surface area contributed by atoms with Gasteiger partial charge in [0.15, 0.2) is 5.65 Å². The average molecular weight is 345 g/mol. The van der Waals surface area contributed by atoms with Crippen LogP contribution in [0.5, 0.6) is 0 Å². The number of fused-ring (bicyclic) bond motifs is 2. The highest BCUT2D eigenvalue weighted by Crippen LogP contribution is 2.31. The highest BCUT2D eigenvalue weighted by molar-refractivity contribution is 5.85. The van der Waals surface area contributed by atoms with Crippen molar-refractivity contribution < 1.29 is 8.78 Å². The Morgan fingerprint density at radius 1 is 1.26 bits per heavy atom. The van der Waals surface area contributed by atoms with Gasteiger partial charge in [0.05, 0.1) is 12.4 Å². The van der Waals surface area contributed by atoms with Gasteiger partial charge in [0.2, 0.25) is 0 Å². The zero-order chi connectivity index (χ0) is 15.1. The summed E-state index contributed by atoms with van der Waals surface area (Å²) < 4.78 is 26.4. The highest BCUT2D eigenvalue weighted by atomic mass is 35.5. The van der Waals surface area contributed by atoms with Gasteiger partial charge in [0, 0.05) is 13.1 Å². The van der Waals surface area contributed by atoms with E-state index in [-0.39, 0.29) is 12.4 Å². The summed E-state index contributed by atoms with van der Waals surface area (Å²) in [6.07, 6.45) is 1.94. The van der Waals surface area contributed by atoms with Crippen LogP contribution in [0.1, 0.15) is 6.42 Å². The molecule has 0 spiro atoms. The first-order valence-electron chi connectivity index (χ1n) is 7.63. The zero-order valence-electron chi connectivity index (χ0n) is 12.5. The predicted molar refractivity (Wildman–Crippen MR) is 85.3 cm³/mol. The molecule has 2 aromatic heterocycles. The summed E-state index contributed by atoms with van der Waals surface area (Å²) in [5.74, 6) is 2.08. The molecule has 2 aliphatic heterocycles. The third-order valence-electron chi connectivity index (χ3n) is 4.64. The second-order valence-electron chi connectivity index (χ2n) is 6.07. The Morgan fingerprint density at radius 2 is 2.09 bits per heavy atom. The van der Waals surface area contributed by atoms with Gasteiger partial charge in [-0.3, -0.25) is 0 Å². The molecule has 126 valence electrons. The molecular weight excluding hydrogens is 326 g/mol. The predicted octanol–water partition coefficient (Wildman–Crippen LogP) is 1.56. The molecule has 23 heavy (non-hydrogen) atoms. The van der Waals surface area contributed by atoms with Gasteiger partial charge >= 0.3 is 0 Å². The minimum Gasteiger partial charge on any atom is -0.355 e. The molecule has 6 nitrogen and oxygen atoms in total. The van der Waals surface area contributed by atoms with Crippen molar-refractivity contribution in [3.63, 3.8) is 0 Å². The molecule has 2 fully saturated rings. The molecule has 0 aromatic carbocycles. The Kier molecular flexibility index (Phi) is 4.63. The molecule has 9 heteroatoms. The van der Waals surface area contributed by atoms with E-state index in [0.717, 1.165) is 32.0 Å². The van der Waals surface area contributed by atoms with Crippen LogP contribution in [-0.4, -0.2) is 52.4 Å². The SMILES string of the molecule is Cl.FC(F)Cn1ncc2ncc(N3C[C@H]4CNCC[C@H]4C3)nc21. The zero-order valence-corrected chi connectivity index (χ0v) is 13.3. The number of rotatable bonds is 3. The molecule has 0 radical (unpaired) electrons. The summed E-state index contributed by atoms with van der Waals surface area (Å²) in [6, 6.07) is 0. The van der Waals surface area contributed by atoms with E-state index in [4.69, 9.17) is 0 Å². The van der Waals surface area contributed by atoms with E-state index in [1.165, 1.54) is 17.3 Å². The summed E-state index contributed by atoms with van der Waals surface area (Å²) >= 11 is 0. The fourth-order valence-corrected chi connectivity index (χ4v) is 3.52. The first kappa shape index (κ1) is 16.3. The van der Waals surface area contributed by atoms with Crippen molar-refractivity contribution in [2.75, 3.05) is 31.1 Å². The lowest BCUT2D eigenvalue weighted by atomic mass is 9.90. The van der Waals surface area contributed by atoms with Gasteiger partial charge in [-0.1, -0.05) is 0 Å². The number of piperidine rings is 1. The van der Waals surface area contributed by atoms with Gasteiger partial charge in [-0.15, -0.1) is 12.4 Å². The number of anilines is 1. The molecule has 0 amide bonds. The van der Waals surface area contributed by atoms with Crippen molar-refractivity contribution in [3.05, 3.63) is 12.4 Å². The fourth-order valence-electron chi connectivity index (χ4n) is 3.52. The van der Waals surface area contributed by atoms with Gasteiger partial charge in [-0.25, -0.2) is 23.4 Å². The summed E-state index contributed by atoms with van der Waals surface area (Å²) in [4.78, 5) is 11.1. The van der Waals surface area contributed by atoms with Crippen LogP contribution in [0.15, 0.2) is 12.4 Å². The molecule has 1 N–H and O–H groups in total. The molecule has 0 aliphatic carbocycles. The van der Waals surface area contributed by atoms with Gasteiger partial charge in [-0.2, -0.15) is 5.10 Å². The lowest BCUT2D eigenvalue weighted by Gasteiger charge is -2.23. The number of nitrogens with one attached hydrogen (secondary N) is 1. The molecule has 0 saturated carbocycles. The number of hydrogen-bond acceptors (Lipinski definition) is 5. The van der Waals surface area contributed by atoms with Crippen LogP contribution in [0, 0.1) is 11.8 Å². The second-order valence-corrected chi connectivity index (χ2v) is 6.07. The number of nitrogens with zero attached hydrogens (tertiary/aromatic N) is 5. The van der Waals surface area contributed by atoms with E-state index in [1.807, 2.05) is 0 Å². The molecule has 4 rings (SSSR count). The Morgan fingerprint density at radius 3 is 2.87 bits per heavy atom. The third-order valence-corrected chi connectivity index (χ3v) is 4.64. The molecule has 0 unspecified atom stereocenters. The minimum absolute atomic E-state index is 0. The second kappa shape index (κ2) is 6.52. The van der Waals surface area contributed by atoms with Gasteiger partial charge in [-0.05, 0) is 31.3 Å². The van der Waals surface area contributed by atoms with Crippen LogP contribution < -0.4 is 10.2 Å². The van der Waals surface area contributed by atoms with Crippen molar-refractivity contribution in [3.8, 4) is 0 Å². The van der Waals surface area contributed by atoms with Crippen LogP contribution in [0.4, 0.5) is 14.6 Å². The Labute approximate surface area is 138 Å². The van der Waals surface area contributed by atoms with E-state index in [0.29, 0.717) is 23.0 Å². The summed E-state index contributed by atoms with van der Waals surface area (Å²) in [5.41, 5.74) is 0.994. The molecule has 2 atom stereocenters. The van der Waals surface area contributed by atoms with E-state index < -0.39 is 13.0 Å². The maximum absolute atomic E-state index is 12.6. The largest absolute Gasteiger partial charge is 0.355 e. The Bertz CT molecular complexity index is 664. The average Bonchev–Trinajstić information content (AvgIpc) is 3.10. The summed E-state index contributed by atoms with van der Waals surface area (Å²) in [7, 11) is 0. The highest BCUT2D eigenvalue weighted by Gasteiger charge is 2.35. The molecule has 2 aromatic rings. The maximum atomic E-state index is 12.6. The van der Waals surface area contributed by atoms with Gasteiger partial charge < -0.3 is 10.2 Å². The van der Waals surface area contributed by atoms with E-state index in [2.05, 4.69) is 25.3 Å². The molecule has 4 heterocycles. The standard InChI is InChI=1S/C14H18F2N6.ClH/c15-12(16)8-22-14-11(4-19-22)18-5-13(20-14)21-6-9-1-2-17-3-10(9)7-21;/h4-5,9-10,12,17H,1-3,6-8H2;1H/t9-,10+;/m0./s1. The van der Waals surface area contributed by atoms with E-state index >= 15 is 0 Å². The summed E-state index contributed by atoms with van der Waals surface area (Å²) in [5, 5.41) is 7.38. The summed E-state index contributed by atoms with van der Waals surface area (Å²) in [6.45, 7) is 3.58. The van der Waals surface area contributed by atoms with Crippen LogP contribution >= 0.6 is 12.4 Å². The van der Waals surface area contributed by atoms with E-state index in [9.17, 15) is 8.78 Å². The molecular formula is C14H19ClF2N6. The Hall–Kier alpha value is -1.54. The Balaban J connectivity index is 0.00000156. The molecule has 2 aliphatic rings. The van der Waals surface area contributed by atoms with Crippen LogP contribution in [0.3, 0.4) is 0 Å². The number of alkyl halides is 2. The van der Waals surface area contributed by atoms with Gasteiger partial charge in [0.25, 0.3) is 6.43 Å². The third kappa shape index (κ3) is 3.10. The van der Waals surface area contributed by atoms with Gasteiger partial charge in [0.1, 0.15) is 17.9 Å². The minimum atomic E-state index is -2.45. The monoisotopic (exact) mass is 344 g/mol. The number of halogens is 3. The van der Waals surface area contributed by atoms with Crippen molar-refractivity contribution in [2.24, 2.45) is 11.8 Å². The molecule has 2 saturated heterocycles. The smallest absolute Gasteiger partial charge is 0.258 e.